The van der Waals surface area contributed by atoms with Gasteiger partial charge in [0.05, 0.1) is 11.2 Å². The van der Waals surface area contributed by atoms with Crippen molar-refractivity contribution in [3.8, 4) is 16.9 Å². The highest BCUT2D eigenvalue weighted by molar-refractivity contribution is 8.00. The normalized spacial score (nSPS) is 13.3. The summed E-state index contributed by atoms with van der Waals surface area (Å²) >= 11 is 1.90. The summed E-state index contributed by atoms with van der Waals surface area (Å²) in [4.78, 5) is 7.49. The Labute approximate surface area is 208 Å². The molecule has 35 heavy (non-hydrogen) atoms. The standard InChI is InChI=1S/C31H21BN2S/c1-18-8-7-15-33-30(18)21-17-22-20-9-5-11-24-31(20)34(26(22)16-19(21)2)25-12-6-14-28-29(25)32(24)23-10-3-4-13-27(23)35-28/h3-17H,1-2H3. The summed E-state index contributed by atoms with van der Waals surface area (Å²) in [6, 6.07) is 31.5. The van der Waals surface area contributed by atoms with Gasteiger partial charge in [0.2, 0.25) is 6.71 Å². The van der Waals surface area contributed by atoms with Gasteiger partial charge in [0.1, 0.15) is 0 Å². The Morgan fingerprint density at radius 2 is 1.57 bits per heavy atom. The van der Waals surface area contributed by atoms with Crippen LogP contribution in [0.1, 0.15) is 11.1 Å². The van der Waals surface area contributed by atoms with Crippen molar-refractivity contribution in [2.75, 3.05) is 0 Å². The summed E-state index contributed by atoms with van der Waals surface area (Å²) in [5, 5.41) is 2.61. The first-order chi connectivity index (χ1) is 17.2. The van der Waals surface area contributed by atoms with Crippen LogP contribution in [0.15, 0.2) is 101 Å². The lowest BCUT2D eigenvalue weighted by atomic mass is 9.35. The number of aromatic nitrogens is 2. The zero-order valence-corrected chi connectivity index (χ0v) is 20.4. The van der Waals surface area contributed by atoms with Gasteiger partial charge in [0, 0.05) is 43.5 Å². The lowest BCUT2D eigenvalue weighted by molar-refractivity contribution is 1.17. The molecule has 2 aliphatic rings. The van der Waals surface area contributed by atoms with Crippen LogP contribution in [0.3, 0.4) is 0 Å². The lowest BCUT2D eigenvalue weighted by Crippen LogP contribution is -2.58. The molecule has 0 amide bonds. The maximum Gasteiger partial charge on any atom is 0.249 e. The van der Waals surface area contributed by atoms with Crippen molar-refractivity contribution in [2.24, 2.45) is 0 Å². The first-order valence-corrected chi connectivity index (χ1v) is 12.9. The van der Waals surface area contributed by atoms with Crippen LogP contribution < -0.4 is 16.4 Å². The predicted molar refractivity (Wildman–Crippen MR) is 149 cm³/mol. The Kier molecular flexibility index (Phi) is 3.85. The summed E-state index contributed by atoms with van der Waals surface area (Å²) in [5.74, 6) is 0. The third kappa shape index (κ3) is 2.50. The molecule has 8 rings (SSSR count). The van der Waals surface area contributed by atoms with Crippen molar-refractivity contribution in [3.05, 3.63) is 102 Å². The van der Waals surface area contributed by atoms with Gasteiger partial charge in [-0.1, -0.05) is 65.8 Å². The molecule has 4 aromatic carbocycles. The van der Waals surface area contributed by atoms with Gasteiger partial charge in [0.15, 0.2) is 0 Å². The zero-order valence-electron chi connectivity index (χ0n) is 19.5. The zero-order chi connectivity index (χ0) is 23.3. The third-order valence-electron chi connectivity index (χ3n) is 7.76. The fourth-order valence-electron chi connectivity index (χ4n) is 6.26. The Bertz CT molecular complexity index is 1870. The number of hydrogen-bond donors (Lipinski definition) is 0. The van der Waals surface area contributed by atoms with E-state index in [0.717, 1.165) is 5.69 Å². The molecule has 2 aliphatic heterocycles. The number of hydrogen-bond acceptors (Lipinski definition) is 2. The van der Waals surface area contributed by atoms with E-state index >= 15 is 0 Å². The molecule has 164 valence electrons. The molecule has 4 heteroatoms. The summed E-state index contributed by atoms with van der Waals surface area (Å²) in [6.07, 6.45) is 1.90. The molecule has 0 unspecified atom stereocenters. The highest BCUT2D eigenvalue weighted by Gasteiger charge is 2.39. The summed E-state index contributed by atoms with van der Waals surface area (Å²) in [7, 11) is 0. The first-order valence-electron chi connectivity index (χ1n) is 12.1. The van der Waals surface area contributed by atoms with E-state index in [1.54, 1.807) is 0 Å². The second-order valence-electron chi connectivity index (χ2n) is 9.69. The lowest BCUT2D eigenvalue weighted by Gasteiger charge is -2.33. The van der Waals surface area contributed by atoms with Gasteiger partial charge in [-0.3, -0.25) is 4.98 Å². The van der Waals surface area contributed by atoms with E-state index in [1.165, 1.54) is 70.4 Å². The first kappa shape index (κ1) is 19.5. The number of aryl methyl sites for hydroxylation is 2. The fourth-order valence-corrected chi connectivity index (χ4v) is 7.43. The van der Waals surface area contributed by atoms with E-state index in [2.05, 4.69) is 97.3 Å². The van der Waals surface area contributed by atoms with Crippen LogP contribution in [-0.4, -0.2) is 16.3 Å². The topological polar surface area (TPSA) is 17.8 Å². The summed E-state index contributed by atoms with van der Waals surface area (Å²) < 4.78 is 2.52. The van der Waals surface area contributed by atoms with Crippen LogP contribution >= 0.6 is 11.8 Å². The fraction of sp³-hybridized carbons (Fsp3) is 0.0645. The van der Waals surface area contributed by atoms with Gasteiger partial charge >= 0.3 is 0 Å². The minimum Gasteiger partial charge on any atom is -0.310 e. The van der Waals surface area contributed by atoms with E-state index in [4.69, 9.17) is 4.98 Å². The molecule has 0 fully saturated rings. The van der Waals surface area contributed by atoms with Gasteiger partial charge in [-0.05, 0) is 72.3 Å². The third-order valence-corrected chi connectivity index (χ3v) is 8.93. The number of benzene rings is 4. The van der Waals surface area contributed by atoms with Crippen molar-refractivity contribution in [1.82, 2.24) is 9.55 Å². The molecule has 0 aliphatic carbocycles. The molecule has 0 bridgehead atoms. The molecule has 4 heterocycles. The second-order valence-corrected chi connectivity index (χ2v) is 10.8. The molecular formula is C31H21BN2S. The number of nitrogens with zero attached hydrogens (tertiary/aromatic N) is 2. The molecule has 0 spiro atoms. The monoisotopic (exact) mass is 464 g/mol. The molecule has 0 saturated heterocycles. The van der Waals surface area contributed by atoms with E-state index in [-0.39, 0.29) is 6.71 Å². The summed E-state index contributed by atoms with van der Waals surface area (Å²) in [5.41, 5.74) is 12.9. The van der Waals surface area contributed by atoms with Gasteiger partial charge in [-0.15, -0.1) is 0 Å². The largest absolute Gasteiger partial charge is 0.310 e. The molecule has 2 aromatic heterocycles. The van der Waals surface area contributed by atoms with Crippen molar-refractivity contribution >= 4 is 56.7 Å². The van der Waals surface area contributed by atoms with Gasteiger partial charge in [0.25, 0.3) is 0 Å². The molecule has 6 aromatic rings. The van der Waals surface area contributed by atoms with Crippen LogP contribution in [0.2, 0.25) is 0 Å². The average Bonchev–Trinajstić information content (AvgIpc) is 3.20. The van der Waals surface area contributed by atoms with Crippen molar-refractivity contribution < 1.29 is 0 Å². The molecule has 0 radical (unpaired) electrons. The molecular weight excluding hydrogens is 443 g/mol. The van der Waals surface area contributed by atoms with Crippen LogP contribution in [0.4, 0.5) is 0 Å². The van der Waals surface area contributed by atoms with Crippen LogP contribution in [0.5, 0.6) is 0 Å². The van der Waals surface area contributed by atoms with Crippen molar-refractivity contribution in [3.63, 3.8) is 0 Å². The van der Waals surface area contributed by atoms with Crippen LogP contribution in [0.25, 0.3) is 38.8 Å². The molecule has 2 nitrogen and oxygen atoms in total. The van der Waals surface area contributed by atoms with Gasteiger partial charge < -0.3 is 4.57 Å². The highest BCUT2D eigenvalue weighted by atomic mass is 32.2. The highest BCUT2D eigenvalue weighted by Crippen LogP contribution is 2.40. The average molecular weight is 464 g/mol. The van der Waals surface area contributed by atoms with E-state index in [1.807, 2.05) is 24.0 Å². The number of para-hydroxylation sites is 1. The number of fused-ring (bicyclic) bond motifs is 7. The maximum absolute atomic E-state index is 4.75. The van der Waals surface area contributed by atoms with E-state index < -0.39 is 0 Å². The summed E-state index contributed by atoms with van der Waals surface area (Å²) in [6.45, 7) is 4.62. The smallest absolute Gasteiger partial charge is 0.249 e. The van der Waals surface area contributed by atoms with Crippen molar-refractivity contribution in [2.45, 2.75) is 23.6 Å². The Morgan fingerprint density at radius 1 is 0.743 bits per heavy atom. The van der Waals surface area contributed by atoms with E-state index in [9.17, 15) is 0 Å². The minimum atomic E-state index is 0.262. The molecule has 0 atom stereocenters. The van der Waals surface area contributed by atoms with Gasteiger partial charge in [-0.25, -0.2) is 0 Å². The molecule has 0 N–H and O–H groups in total. The Hall–Kier alpha value is -3.76. The maximum atomic E-state index is 4.75. The van der Waals surface area contributed by atoms with Crippen LogP contribution in [0, 0.1) is 13.8 Å². The Morgan fingerprint density at radius 3 is 2.49 bits per heavy atom. The molecule has 0 saturated carbocycles. The second kappa shape index (κ2) is 6.90. The minimum absolute atomic E-state index is 0.262. The Balaban J connectivity index is 1.53. The van der Waals surface area contributed by atoms with Crippen molar-refractivity contribution in [1.29, 1.82) is 0 Å². The quantitative estimate of drug-likeness (QED) is 0.288. The van der Waals surface area contributed by atoms with E-state index in [0.29, 0.717) is 0 Å². The SMILES string of the molecule is Cc1cc2c(cc1-c1ncccc1C)c1cccc3c1n2-c1cccc2c1B3c1ccccc1S2. The predicted octanol–water partition coefficient (Wildman–Crippen LogP) is 5.76. The van der Waals surface area contributed by atoms with Gasteiger partial charge in [-0.2, -0.15) is 0 Å². The number of pyridine rings is 1. The van der Waals surface area contributed by atoms with Crippen LogP contribution in [-0.2, 0) is 0 Å². The number of rotatable bonds is 1.